The van der Waals surface area contributed by atoms with Gasteiger partial charge in [0.25, 0.3) is 0 Å². The van der Waals surface area contributed by atoms with Gasteiger partial charge >= 0.3 is 0 Å². The highest BCUT2D eigenvalue weighted by molar-refractivity contribution is 5.37. The fraction of sp³-hybridized carbons (Fsp3) is 0.364. The summed E-state index contributed by atoms with van der Waals surface area (Å²) in [6, 6.07) is 7.45. The third-order valence-corrected chi connectivity index (χ3v) is 2.07. The van der Waals surface area contributed by atoms with E-state index in [2.05, 4.69) is 4.99 Å². The number of hydrogen-bond acceptors (Lipinski definition) is 3. The molecule has 0 aliphatic heterocycles. The molecule has 0 N–H and O–H groups in total. The summed E-state index contributed by atoms with van der Waals surface area (Å²) in [6.45, 7) is 1.98. The molecule has 1 aromatic rings. The fourth-order valence-electron chi connectivity index (χ4n) is 1.31. The summed E-state index contributed by atoms with van der Waals surface area (Å²) in [6.07, 6.45) is 2.37. The van der Waals surface area contributed by atoms with Crippen LogP contribution in [-0.4, -0.2) is 13.2 Å². The molecule has 74 valence electrons. The van der Waals surface area contributed by atoms with Gasteiger partial charge in [0, 0.05) is 0 Å². The van der Waals surface area contributed by atoms with Crippen LogP contribution in [-0.2, 0) is 4.79 Å². The van der Waals surface area contributed by atoms with Crippen LogP contribution in [0, 0.1) is 0 Å². The maximum absolute atomic E-state index is 10.2. The minimum absolute atomic E-state index is 0.109. The zero-order valence-corrected chi connectivity index (χ0v) is 8.36. The number of rotatable bonds is 4. The minimum Gasteiger partial charge on any atom is -0.497 e. The van der Waals surface area contributed by atoms with Crippen LogP contribution < -0.4 is 4.74 Å². The van der Waals surface area contributed by atoms with Crippen molar-refractivity contribution in [2.45, 2.75) is 19.4 Å². The van der Waals surface area contributed by atoms with Gasteiger partial charge < -0.3 is 4.74 Å². The summed E-state index contributed by atoms with van der Waals surface area (Å²) >= 11 is 0. The van der Waals surface area contributed by atoms with Gasteiger partial charge in [0.05, 0.1) is 13.2 Å². The summed E-state index contributed by atoms with van der Waals surface area (Å²) in [4.78, 5) is 13.9. The normalized spacial score (nSPS) is 11.6. The number of hydrogen-bond donors (Lipinski definition) is 0. The first-order valence-electron chi connectivity index (χ1n) is 4.52. The van der Waals surface area contributed by atoms with Crippen molar-refractivity contribution in [3.63, 3.8) is 0 Å². The minimum atomic E-state index is -0.109. The topological polar surface area (TPSA) is 38.7 Å². The zero-order valence-electron chi connectivity index (χ0n) is 8.36. The van der Waals surface area contributed by atoms with Crippen LogP contribution in [0.2, 0.25) is 0 Å². The molecule has 1 unspecified atom stereocenters. The first kappa shape index (κ1) is 10.5. The van der Waals surface area contributed by atoms with Crippen LogP contribution >= 0.6 is 0 Å². The molecule has 0 radical (unpaired) electrons. The lowest BCUT2D eigenvalue weighted by molar-refractivity contribution is 0.413. The van der Waals surface area contributed by atoms with Gasteiger partial charge in [-0.15, -0.1) is 0 Å². The zero-order chi connectivity index (χ0) is 10.4. The number of methoxy groups -OCH3 is 1. The maximum atomic E-state index is 10.2. The highest BCUT2D eigenvalue weighted by Crippen LogP contribution is 2.23. The Morgan fingerprint density at radius 3 is 2.93 bits per heavy atom. The molecule has 1 rings (SSSR count). The molecule has 0 saturated carbocycles. The predicted molar refractivity (Wildman–Crippen MR) is 54.1 cm³/mol. The third kappa shape index (κ3) is 2.44. The summed E-state index contributed by atoms with van der Waals surface area (Å²) in [5, 5.41) is 0. The predicted octanol–water partition coefficient (Wildman–Crippen LogP) is 2.48. The van der Waals surface area contributed by atoms with Gasteiger partial charge in [-0.1, -0.05) is 19.1 Å². The van der Waals surface area contributed by atoms with Gasteiger partial charge in [-0.25, -0.2) is 4.79 Å². The van der Waals surface area contributed by atoms with E-state index in [1.165, 1.54) is 0 Å². The Kier molecular flexibility index (Phi) is 3.89. The Bertz CT molecular complexity index is 343. The van der Waals surface area contributed by atoms with Gasteiger partial charge in [-0.2, -0.15) is 4.99 Å². The first-order chi connectivity index (χ1) is 6.81. The van der Waals surface area contributed by atoms with Gasteiger partial charge in [0.1, 0.15) is 5.75 Å². The van der Waals surface area contributed by atoms with Crippen molar-refractivity contribution in [1.29, 1.82) is 0 Å². The number of carbonyl (C=O) groups excluding carboxylic acids is 1. The molecule has 3 heteroatoms. The summed E-state index contributed by atoms with van der Waals surface area (Å²) in [5.41, 5.74) is 0.982. The smallest absolute Gasteiger partial charge is 0.235 e. The van der Waals surface area contributed by atoms with E-state index in [0.29, 0.717) is 0 Å². The number of ether oxygens (including phenoxy) is 1. The molecule has 14 heavy (non-hydrogen) atoms. The highest BCUT2D eigenvalue weighted by Gasteiger charge is 2.07. The standard InChI is InChI=1S/C11H13NO2/c1-3-11(12-8-13)9-5-4-6-10(7-9)14-2/h4-7,11H,3H2,1-2H3. The number of aliphatic imine (C=N–C) groups is 1. The van der Waals surface area contributed by atoms with Crippen LogP contribution in [0.1, 0.15) is 24.9 Å². The van der Waals surface area contributed by atoms with Gasteiger partial charge in [0.2, 0.25) is 6.08 Å². The molecule has 3 nitrogen and oxygen atoms in total. The average Bonchev–Trinajstić information content (AvgIpc) is 2.26. The van der Waals surface area contributed by atoms with Crippen LogP contribution in [0.15, 0.2) is 29.3 Å². The summed E-state index contributed by atoms with van der Waals surface area (Å²) in [5.74, 6) is 0.780. The van der Waals surface area contributed by atoms with Crippen LogP contribution in [0.4, 0.5) is 0 Å². The van der Waals surface area contributed by atoms with Crippen molar-refractivity contribution in [1.82, 2.24) is 0 Å². The third-order valence-electron chi connectivity index (χ3n) is 2.07. The molecule has 0 aliphatic rings. The molecule has 0 amide bonds. The molecule has 0 aliphatic carbocycles. The maximum Gasteiger partial charge on any atom is 0.235 e. The quantitative estimate of drug-likeness (QED) is 0.541. The Labute approximate surface area is 83.4 Å². The Morgan fingerprint density at radius 2 is 2.36 bits per heavy atom. The monoisotopic (exact) mass is 191 g/mol. The largest absolute Gasteiger partial charge is 0.497 e. The summed E-state index contributed by atoms with van der Waals surface area (Å²) < 4.78 is 5.09. The van der Waals surface area contributed by atoms with E-state index in [4.69, 9.17) is 4.74 Å². The van der Waals surface area contributed by atoms with Crippen molar-refractivity contribution in [3.05, 3.63) is 29.8 Å². The molecule has 0 spiro atoms. The molecular weight excluding hydrogens is 178 g/mol. The van der Waals surface area contributed by atoms with Gasteiger partial charge in [0.15, 0.2) is 0 Å². The molecular formula is C11H13NO2. The molecule has 0 heterocycles. The second kappa shape index (κ2) is 5.20. The molecule has 0 bridgehead atoms. The molecule has 1 aromatic carbocycles. The lowest BCUT2D eigenvalue weighted by Gasteiger charge is -2.09. The highest BCUT2D eigenvalue weighted by atomic mass is 16.5. The number of nitrogens with zero attached hydrogens (tertiary/aromatic N) is 1. The van der Waals surface area contributed by atoms with E-state index >= 15 is 0 Å². The van der Waals surface area contributed by atoms with Crippen LogP contribution in [0.3, 0.4) is 0 Å². The first-order valence-corrected chi connectivity index (χ1v) is 4.52. The number of benzene rings is 1. The van der Waals surface area contributed by atoms with E-state index in [-0.39, 0.29) is 6.04 Å². The second-order valence-electron chi connectivity index (χ2n) is 2.92. The van der Waals surface area contributed by atoms with Crippen molar-refractivity contribution >= 4 is 6.08 Å². The van der Waals surface area contributed by atoms with Gasteiger partial charge in [-0.3, -0.25) is 0 Å². The lowest BCUT2D eigenvalue weighted by Crippen LogP contribution is -1.94. The average molecular weight is 191 g/mol. The Hall–Kier alpha value is -1.60. The SMILES string of the molecule is CCC(N=C=O)c1cccc(OC)c1. The molecule has 1 atom stereocenters. The Morgan fingerprint density at radius 1 is 1.57 bits per heavy atom. The molecule has 0 fully saturated rings. The van der Waals surface area contributed by atoms with Crippen molar-refractivity contribution < 1.29 is 9.53 Å². The molecule has 0 saturated heterocycles. The van der Waals surface area contributed by atoms with Crippen LogP contribution in [0.25, 0.3) is 0 Å². The van der Waals surface area contributed by atoms with E-state index in [9.17, 15) is 4.79 Å². The van der Waals surface area contributed by atoms with E-state index in [1.54, 1.807) is 13.2 Å². The lowest BCUT2D eigenvalue weighted by atomic mass is 10.1. The fourth-order valence-corrected chi connectivity index (χ4v) is 1.31. The van der Waals surface area contributed by atoms with Crippen molar-refractivity contribution in [2.24, 2.45) is 4.99 Å². The van der Waals surface area contributed by atoms with Gasteiger partial charge in [-0.05, 0) is 24.1 Å². The number of isocyanates is 1. The van der Waals surface area contributed by atoms with E-state index in [1.807, 2.05) is 31.2 Å². The van der Waals surface area contributed by atoms with E-state index in [0.717, 1.165) is 17.7 Å². The Balaban J connectivity index is 2.97. The van der Waals surface area contributed by atoms with E-state index < -0.39 is 0 Å². The summed E-state index contributed by atoms with van der Waals surface area (Å²) in [7, 11) is 1.61. The van der Waals surface area contributed by atoms with Crippen LogP contribution in [0.5, 0.6) is 5.75 Å². The second-order valence-corrected chi connectivity index (χ2v) is 2.92. The van der Waals surface area contributed by atoms with Crippen molar-refractivity contribution in [3.8, 4) is 5.75 Å². The molecule has 0 aromatic heterocycles. The van der Waals surface area contributed by atoms with Crippen molar-refractivity contribution in [2.75, 3.05) is 7.11 Å².